The summed E-state index contributed by atoms with van der Waals surface area (Å²) in [6, 6.07) is 25.0. The lowest BCUT2D eigenvalue weighted by atomic mass is 10.0. The van der Waals surface area contributed by atoms with Crippen LogP contribution in [0.2, 0.25) is 0 Å². The molecule has 0 saturated carbocycles. The standard InChI is InChI=1S/C23H17N3O3/c27-23(18-9-6-11-20(15-18)26(28)29)25(22-13-3-4-14-24-22)16-19-10-5-8-17-7-1-2-12-21(17)19/h1-15H,16H2. The summed E-state index contributed by atoms with van der Waals surface area (Å²) in [7, 11) is 0. The lowest BCUT2D eigenvalue weighted by Gasteiger charge is -2.23. The first kappa shape index (κ1) is 18.3. The fourth-order valence-electron chi connectivity index (χ4n) is 3.28. The van der Waals surface area contributed by atoms with E-state index in [0.717, 1.165) is 16.3 Å². The molecule has 29 heavy (non-hydrogen) atoms. The van der Waals surface area contributed by atoms with Crippen molar-refractivity contribution in [1.82, 2.24) is 4.98 Å². The Labute approximate surface area is 167 Å². The van der Waals surface area contributed by atoms with Crippen LogP contribution in [0.5, 0.6) is 0 Å². The monoisotopic (exact) mass is 383 g/mol. The third kappa shape index (κ3) is 3.82. The molecule has 0 aliphatic rings. The van der Waals surface area contributed by atoms with Gasteiger partial charge in [0.2, 0.25) is 0 Å². The number of nitro groups is 1. The number of aromatic nitrogens is 1. The molecule has 4 rings (SSSR count). The van der Waals surface area contributed by atoms with Crippen LogP contribution < -0.4 is 4.90 Å². The van der Waals surface area contributed by atoms with Crippen molar-refractivity contribution in [2.45, 2.75) is 6.54 Å². The summed E-state index contributed by atoms with van der Waals surface area (Å²) in [5.74, 6) is 0.136. The van der Waals surface area contributed by atoms with Gasteiger partial charge in [0, 0.05) is 23.9 Å². The van der Waals surface area contributed by atoms with Crippen LogP contribution in [0.25, 0.3) is 10.8 Å². The number of non-ortho nitro benzene ring substituents is 1. The van der Waals surface area contributed by atoms with Crippen molar-refractivity contribution in [2.75, 3.05) is 4.90 Å². The van der Waals surface area contributed by atoms with Gasteiger partial charge in [0.05, 0.1) is 11.5 Å². The van der Waals surface area contributed by atoms with Gasteiger partial charge < -0.3 is 0 Å². The lowest BCUT2D eigenvalue weighted by Crippen LogP contribution is -2.31. The number of carbonyl (C=O) groups is 1. The second-order valence-corrected chi connectivity index (χ2v) is 6.52. The van der Waals surface area contributed by atoms with Gasteiger partial charge in [0.25, 0.3) is 11.6 Å². The molecular formula is C23H17N3O3. The fourth-order valence-corrected chi connectivity index (χ4v) is 3.28. The summed E-state index contributed by atoms with van der Waals surface area (Å²) in [5.41, 5.74) is 1.08. The average molecular weight is 383 g/mol. The van der Waals surface area contributed by atoms with Gasteiger partial charge in [-0.1, -0.05) is 54.6 Å². The second-order valence-electron chi connectivity index (χ2n) is 6.52. The Morgan fingerprint density at radius 2 is 1.69 bits per heavy atom. The molecule has 0 aliphatic heterocycles. The zero-order chi connectivity index (χ0) is 20.2. The van der Waals surface area contributed by atoms with Crippen molar-refractivity contribution in [1.29, 1.82) is 0 Å². The molecule has 142 valence electrons. The van der Waals surface area contributed by atoms with Gasteiger partial charge in [0.15, 0.2) is 0 Å². The summed E-state index contributed by atoms with van der Waals surface area (Å²) in [4.78, 5) is 29.8. The van der Waals surface area contributed by atoms with Crippen LogP contribution in [0.1, 0.15) is 15.9 Å². The maximum atomic E-state index is 13.3. The SMILES string of the molecule is O=C(c1cccc([N+](=O)[O-])c1)N(Cc1cccc2ccccc12)c1ccccn1. The van der Waals surface area contributed by atoms with E-state index in [1.807, 2.05) is 42.5 Å². The summed E-state index contributed by atoms with van der Waals surface area (Å²) < 4.78 is 0. The molecule has 0 fully saturated rings. The van der Waals surface area contributed by atoms with Gasteiger partial charge in [-0.2, -0.15) is 0 Å². The van der Waals surface area contributed by atoms with Gasteiger partial charge in [-0.25, -0.2) is 4.98 Å². The number of rotatable bonds is 5. The lowest BCUT2D eigenvalue weighted by molar-refractivity contribution is -0.384. The van der Waals surface area contributed by atoms with Crippen molar-refractivity contribution in [3.63, 3.8) is 0 Å². The second kappa shape index (κ2) is 7.90. The Bertz CT molecular complexity index is 1190. The number of amides is 1. The van der Waals surface area contributed by atoms with E-state index in [-0.39, 0.29) is 17.2 Å². The van der Waals surface area contributed by atoms with Crippen LogP contribution in [-0.2, 0) is 6.54 Å². The zero-order valence-corrected chi connectivity index (χ0v) is 15.4. The van der Waals surface area contributed by atoms with Gasteiger partial charge in [-0.15, -0.1) is 0 Å². The summed E-state index contributed by atoms with van der Waals surface area (Å²) >= 11 is 0. The van der Waals surface area contributed by atoms with E-state index in [0.29, 0.717) is 12.4 Å². The first-order valence-corrected chi connectivity index (χ1v) is 9.07. The normalized spacial score (nSPS) is 10.6. The number of benzene rings is 3. The smallest absolute Gasteiger partial charge is 0.270 e. The molecule has 0 N–H and O–H groups in total. The first-order chi connectivity index (χ1) is 14.1. The minimum absolute atomic E-state index is 0.123. The number of nitrogens with zero attached hydrogens (tertiary/aromatic N) is 3. The quantitative estimate of drug-likeness (QED) is 0.359. The largest absolute Gasteiger partial charge is 0.288 e. The molecule has 0 unspecified atom stereocenters. The number of nitro benzene ring substituents is 1. The Balaban J connectivity index is 1.77. The third-order valence-corrected chi connectivity index (χ3v) is 4.68. The van der Waals surface area contributed by atoms with Crippen molar-refractivity contribution in [2.24, 2.45) is 0 Å². The minimum Gasteiger partial charge on any atom is -0.288 e. The summed E-state index contributed by atoms with van der Waals surface area (Å²) in [6.07, 6.45) is 1.62. The molecule has 0 atom stereocenters. The van der Waals surface area contributed by atoms with Crippen molar-refractivity contribution < 1.29 is 9.72 Å². The van der Waals surface area contributed by atoms with Crippen molar-refractivity contribution in [3.8, 4) is 0 Å². The van der Waals surface area contributed by atoms with Crippen LogP contribution >= 0.6 is 0 Å². The van der Waals surface area contributed by atoms with Crippen LogP contribution in [-0.4, -0.2) is 15.8 Å². The van der Waals surface area contributed by atoms with Crippen LogP contribution in [0, 0.1) is 10.1 Å². The maximum absolute atomic E-state index is 13.3. The minimum atomic E-state index is -0.507. The van der Waals surface area contributed by atoms with E-state index >= 15 is 0 Å². The highest BCUT2D eigenvalue weighted by Gasteiger charge is 2.21. The number of carbonyl (C=O) groups excluding carboxylic acids is 1. The Hall–Kier alpha value is -4.06. The van der Waals surface area contributed by atoms with Crippen molar-refractivity contribution in [3.05, 3.63) is 112 Å². The molecule has 1 heterocycles. The highest BCUT2D eigenvalue weighted by atomic mass is 16.6. The summed E-state index contributed by atoms with van der Waals surface area (Å²) in [5, 5.41) is 13.2. The fraction of sp³-hybridized carbons (Fsp3) is 0.0435. The highest BCUT2D eigenvalue weighted by molar-refractivity contribution is 6.06. The van der Waals surface area contributed by atoms with Crippen LogP contribution in [0.15, 0.2) is 91.1 Å². The third-order valence-electron chi connectivity index (χ3n) is 4.68. The Morgan fingerprint density at radius 1 is 0.931 bits per heavy atom. The molecule has 3 aromatic carbocycles. The number of hydrogen-bond donors (Lipinski definition) is 0. The molecule has 4 aromatic rings. The van der Waals surface area contributed by atoms with E-state index in [1.165, 1.54) is 18.2 Å². The van der Waals surface area contributed by atoms with E-state index < -0.39 is 4.92 Å². The molecule has 0 saturated heterocycles. The number of anilines is 1. The van der Waals surface area contributed by atoms with Gasteiger partial charge in [0.1, 0.15) is 5.82 Å². The van der Waals surface area contributed by atoms with Gasteiger partial charge in [-0.3, -0.25) is 19.8 Å². The molecule has 1 amide bonds. The Morgan fingerprint density at radius 3 is 2.48 bits per heavy atom. The molecular weight excluding hydrogens is 366 g/mol. The molecule has 6 heteroatoms. The highest BCUT2D eigenvalue weighted by Crippen LogP contribution is 2.24. The first-order valence-electron chi connectivity index (χ1n) is 9.07. The molecule has 0 bridgehead atoms. The molecule has 1 aromatic heterocycles. The Kier molecular flexibility index (Phi) is 4.99. The maximum Gasteiger partial charge on any atom is 0.270 e. The number of fused-ring (bicyclic) bond motifs is 1. The molecule has 0 radical (unpaired) electrons. The molecule has 0 aliphatic carbocycles. The van der Waals surface area contributed by atoms with E-state index in [2.05, 4.69) is 4.98 Å². The van der Waals surface area contributed by atoms with Gasteiger partial charge >= 0.3 is 0 Å². The number of hydrogen-bond acceptors (Lipinski definition) is 4. The van der Waals surface area contributed by atoms with E-state index in [4.69, 9.17) is 0 Å². The molecule has 0 spiro atoms. The topological polar surface area (TPSA) is 76.3 Å². The van der Waals surface area contributed by atoms with Crippen LogP contribution in [0.3, 0.4) is 0 Å². The van der Waals surface area contributed by atoms with Crippen LogP contribution in [0.4, 0.5) is 11.5 Å². The summed E-state index contributed by atoms with van der Waals surface area (Å²) in [6.45, 7) is 0.292. The number of pyridine rings is 1. The molecule has 6 nitrogen and oxygen atoms in total. The zero-order valence-electron chi connectivity index (χ0n) is 15.4. The van der Waals surface area contributed by atoms with Crippen molar-refractivity contribution >= 4 is 28.2 Å². The van der Waals surface area contributed by atoms with E-state index in [9.17, 15) is 14.9 Å². The van der Waals surface area contributed by atoms with Gasteiger partial charge in [-0.05, 0) is 34.5 Å². The predicted octanol–water partition coefficient (Wildman–Crippen LogP) is 4.99. The average Bonchev–Trinajstić information content (AvgIpc) is 2.77. The predicted molar refractivity (Wildman–Crippen MR) is 112 cm³/mol. The van der Waals surface area contributed by atoms with E-state index in [1.54, 1.807) is 35.4 Å².